The second-order valence-electron chi connectivity index (χ2n) is 3.66. The van der Waals surface area contributed by atoms with Crippen LogP contribution in [0.2, 0.25) is 0 Å². The number of anilines is 1. The highest BCUT2D eigenvalue weighted by atomic mass is 35.5. The zero-order chi connectivity index (χ0) is 11.5. The van der Waals surface area contributed by atoms with Gasteiger partial charge in [0.2, 0.25) is 11.7 Å². The van der Waals surface area contributed by atoms with Gasteiger partial charge in [-0.25, -0.2) is 0 Å². The normalized spacial score (nSPS) is 9.82. The van der Waals surface area contributed by atoms with Crippen LogP contribution in [0.3, 0.4) is 0 Å². The maximum atomic E-state index is 5.40. The van der Waals surface area contributed by atoms with Crippen molar-refractivity contribution in [1.82, 2.24) is 10.1 Å². The first kappa shape index (κ1) is 13.5. The van der Waals surface area contributed by atoms with Crippen molar-refractivity contribution in [1.29, 1.82) is 0 Å². The van der Waals surface area contributed by atoms with Gasteiger partial charge in [0.05, 0.1) is 6.54 Å². The van der Waals surface area contributed by atoms with Gasteiger partial charge < -0.3 is 15.2 Å². The molecule has 5 nitrogen and oxygen atoms in total. The number of nitrogens with two attached hydrogens (primary N) is 1. The van der Waals surface area contributed by atoms with E-state index in [1.807, 2.05) is 43.3 Å². The summed E-state index contributed by atoms with van der Waals surface area (Å²) in [6.45, 7) is 0.267. The van der Waals surface area contributed by atoms with Gasteiger partial charge >= 0.3 is 0 Å². The Balaban J connectivity index is 0.00000144. The second kappa shape index (κ2) is 5.65. The standard InChI is InChI=1S/C11H14N4O.ClH/c1-15(2)9-5-3-8(4-6-9)11-13-10(7-12)16-14-11;/h3-6H,7,12H2,1-2H3;1H. The first-order chi connectivity index (χ1) is 7.70. The number of nitrogens with zero attached hydrogens (tertiary/aromatic N) is 3. The Morgan fingerprint density at radius 2 is 1.88 bits per heavy atom. The average molecular weight is 255 g/mol. The lowest BCUT2D eigenvalue weighted by Gasteiger charge is -2.11. The van der Waals surface area contributed by atoms with Gasteiger partial charge in [0.25, 0.3) is 0 Å². The fourth-order valence-corrected chi connectivity index (χ4v) is 1.36. The summed E-state index contributed by atoms with van der Waals surface area (Å²) in [5.41, 5.74) is 7.46. The number of aromatic nitrogens is 2. The van der Waals surface area contributed by atoms with Gasteiger partial charge in [0.1, 0.15) is 0 Å². The van der Waals surface area contributed by atoms with Gasteiger partial charge in [0, 0.05) is 25.3 Å². The van der Waals surface area contributed by atoms with E-state index in [1.165, 1.54) is 0 Å². The largest absolute Gasteiger partial charge is 0.378 e. The third kappa shape index (κ3) is 2.95. The van der Waals surface area contributed by atoms with Gasteiger partial charge in [-0.15, -0.1) is 12.4 Å². The number of rotatable bonds is 3. The fourth-order valence-electron chi connectivity index (χ4n) is 1.36. The van der Waals surface area contributed by atoms with E-state index in [9.17, 15) is 0 Å². The molecule has 0 fully saturated rings. The molecule has 2 aromatic rings. The second-order valence-corrected chi connectivity index (χ2v) is 3.66. The quantitative estimate of drug-likeness (QED) is 0.903. The van der Waals surface area contributed by atoms with Gasteiger partial charge in [-0.1, -0.05) is 5.16 Å². The first-order valence-electron chi connectivity index (χ1n) is 5.01. The predicted molar refractivity (Wildman–Crippen MR) is 69.2 cm³/mol. The Morgan fingerprint density at radius 3 is 2.35 bits per heavy atom. The number of hydrogen-bond donors (Lipinski definition) is 1. The molecular formula is C11H15ClN4O. The molecule has 0 aliphatic heterocycles. The highest BCUT2D eigenvalue weighted by Crippen LogP contribution is 2.19. The molecule has 0 bridgehead atoms. The van der Waals surface area contributed by atoms with E-state index >= 15 is 0 Å². The van der Waals surface area contributed by atoms with Crippen LogP contribution in [0.1, 0.15) is 5.89 Å². The summed E-state index contributed by atoms with van der Waals surface area (Å²) in [7, 11) is 3.99. The van der Waals surface area contributed by atoms with E-state index in [4.69, 9.17) is 10.3 Å². The molecule has 0 saturated heterocycles. The monoisotopic (exact) mass is 254 g/mol. The van der Waals surface area contributed by atoms with Crippen molar-refractivity contribution in [3.05, 3.63) is 30.2 Å². The molecule has 0 unspecified atom stereocenters. The molecule has 0 amide bonds. The van der Waals surface area contributed by atoms with Crippen molar-refractivity contribution in [2.24, 2.45) is 5.73 Å². The molecule has 0 aliphatic rings. The average Bonchev–Trinajstić information content (AvgIpc) is 2.77. The summed E-state index contributed by atoms with van der Waals surface area (Å²) in [6.07, 6.45) is 0. The van der Waals surface area contributed by atoms with Crippen LogP contribution in [0.15, 0.2) is 28.8 Å². The van der Waals surface area contributed by atoms with Crippen molar-refractivity contribution >= 4 is 18.1 Å². The maximum absolute atomic E-state index is 5.40. The van der Waals surface area contributed by atoms with Crippen molar-refractivity contribution in [3.8, 4) is 11.4 Å². The van der Waals surface area contributed by atoms with Crippen molar-refractivity contribution in [2.75, 3.05) is 19.0 Å². The van der Waals surface area contributed by atoms with Crippen LogP contribution in [0.4, 0.5) is 5.69 Å². The molecule has 17 heavy (non-hydrogen) atoms. The fraction of sp³-hybridized carbons (Fsp3) is 0.273. The highest BCUT2D eigenvalue weighted by Gasteiger charge is 2.07. The van der Waals surface area contributed by atoms with Crippen LogP contribution < -0.4 is 10.6 Å². The lowest BCUT2D eigenvalue weighted by Crippen LogP contribution is -2.07. The van der Waals surface area contributed by atoms with Gasteiger partial charge in [0.15, 0.2) is 0 Å². The lowest BCUT2D eigenvalue weighted by molar-refractivity contribution is 0.380. The zero-order valence-corrected chi connectivity index (χ0v) is 10.6. The summed E-state index contributed by atoms with van der Waals surface area (Å²) < 4.78 is 4.95. The van der Waals surface area contributed by atoms with Crippen LogP contribution >= 0.6 is 12.4 Å². The molecular weight excluding hydrogens is 240 g/mol. The Labute approximate surface area is 106 Å². The molecule has 1 aromatic carbocycles. The summed E-state index contributed by atoms with van der Waals surface area (Å²) in [5, 5.41) is 3.85. The summed E-state index contributed by atoms with van der Waals surface area (Å²) in [6, 6.07) is 7.93. The molecule has 0 spiro atoms. The minimum absolute atomic E-state index is 0. The third-order valence-electron chi connectivity index (χ3n) is 2.28. The van der Waals surface area contributed by atoms with E-state index in [-0.39, 0.29) is 19.0 Å². The molecule has 1 aromatic heterocycles. The SMILES string of the molecule is CN(C)c1ccc(-c2noc(CN)n2)cc1.Cl. The third-order valence-corrected chi connectivity index (χ3v) is 2.28. The van der Waals surface area contributed by atoms with Crippen LogP contribution in [-0.2, 0) is 6.54 Å². The molecule has 0 saturated carbocycles. The Bertz CT molecular complexity index is 467. The Hall–Kier alpha value is -1.59. The molecule has 1 heterocycles. The molecule has 0 radical (unpaired) electrons. The maximum Gasteiger partial charge on any atom is 0.240 e. The molecule has 0 atom stereocenters. The van der Waals surface area contributed by atoms with Crippen molar-refractivity contribution < 1.29 is 4.52 Å². The molecule has 92 valence electrons. The Kier molecular flexibility index (Phi) is 4.48. The van der Waals surface area contributed by atoms with Crippen molar-refractivity contribution in [2.45, 2.75) is 6.54 Å². The minimum Gasteiger partial charge on any atom is -0.378 e. The van der Waals surface area contributed by atoms with E-state index < -0.39 is 0 Å². The van der Waals surface area contributed by atoms with Gasteiger partial charge in [-0.3, -0.25) is 0 Å². The molecule has 0 aliphatic carbocycles. The van der Waals surface area contributed by atoms with E-state index in [2.05, 4.69) is 10.1 Å². The number of hydrogen-bond acceptors (Lipinski definition) is 5. The molecule has 2 N–H and O–H groups in total. The van der Waals surface area contributed by atoms with Crippen LogP contribution in [-0.4, -0.2) is 24.2 Å². The zero-order valence-electron chi connectivity index (χ0n) is 9.75. The smallest absolute Gasteiger partial charge is 0.240 e. The Morgan fingerprint density at radius 1 is 1.24 bits per heavy atom. The number of halogens is 1. The molecule has 6 heteroatoms. The highest BCUT2D eigenvalue weighted by molar-refractivity contribution is 5.85. The predicted octanol–water partition coefficient (Wildman–Crippen LogP) is 1.68. The van der Waals surface area contributed by atoms with Gasteiger partial charge in [-0.05, 0) is 24.3 Å². The van der Waals surface area contributed by atoms with Crippen LogP contribution in [0.25, 0.3) is 11.4 Å². The van der Waals surface area contributed by atoms with Crippen LogP contribution in [0, 0.1) is 0 Å². The summed E-state index contributed by atoms with van der Waals surface area (Å²) in [4.78, 5) is 6.19. The first-order valence-corrected chi connectivity index (χ1v) is 5.01. The molecule has 2 rings (SSSR count). The topological polar surface area (TPSA) is 68.2 Å². The number of benzene rings is 1. The summed E-state index contributed by atoms with van der Waals surface area (Å²) in [5.74, 6) is 1.03. The van der Waals surface area contributed by atoms with Crippen LogP contribution in [0.5, 0.6) is 0 Å². The lowest BCUT2D eigenvalue weighted by atomic mass is 10.2. The van der Waals surface area contributed by atoms with Gasteiger partial charge in [-0.2, -0.15) is 4.98 Å². The summed E-state index contributed by atoms with van der Waals surface area (Å²) >= 11 is 0. The van der Waals surface area contributed by atoms with E-state index in [0.29, 0.717) is 11.7 Å². The van der Waals surface area contributed by atoms with E-state index in [1.54, 1.807) is 0 Å². The van der Waals surface area contributed by atoms with Crippen molar-refractivity contribution in [3.63, 3.8) is 0 Å². The van der Waals surface area contributed by atoms with E-state index in [0.717, 1.165) is 11.3 Å². The minimum atomic E-state index is 0.